The first kappa shape index (κ1) is 12.7. The van der Waals surface area contributed by atoms with Gasteiger partial charge in [0.05, 0.1) is 11.2 Å². The third-order valence-corrected chi connectivity index (χ3v) is 3.30. The van der Waals surface area contributed by atoms with E-state index in [1.807, 2.05) is 30.5 Å². The molecule has 2 atom stereocenters. The zero-order chi connectivity index (χ0) is 13.0. The standard InChI is InChI=1S/C13H14N2O2S/c1-9(11-7-18-8-14-11)15-12(13(16)17)10-5-3-2-4-6-10/h2-9,12,15H,1H3,(H,16,17). The van der Waals surface area contributed by atoms with Gasteiger partial charge in [-0.05, 0) is 12.5 Å². The predicted octanol–water partition coefficient (Wildman–Crippen LogP) is 2.62. The van der Waals surface area contributed by atoms with Gasteiger partial charge in [-0.25, -0.2) is 4.98 Å². The van der Waals surface area contributed by atoms with E-state index in [0.29, 0.717) is 0 Å². The second kappa shape index (κ2) is 5.75. The summed E-state index contributed by atoms with van der Waals surface area (Å²) < 4.78 is 0. The van der Waals surface area contributed by atoms with Crippen LogP contribution in [0.1, 0.15) is 30.3 Å². The van der Waals surface area contributed by atoms with E-state index in [2.05, 4.69) is 10.3 Å². The van der Waals surface area contributed by atoms with Crippen molar-refractivity contribution in [1.29, 1.82) is 0 Å². The Morgan fingerprint density at radius 2 is 2.11 bits per heavy atom. The fourth-order valence-electron chi connectivity index (χ4n) is 1.73. The van der Waals surface area contributed by atoms with Gasteiger partial charge in [-0.15, -0.1) is 11.3 Å². The molecular weight excluding hydrogens is 248 g/mol. The Hall–Kier alpha value is -1.72. The van der Waals surface area contributed by atoms with Crippen LogP contribution in [0.25, 0.3) is 0 Å². The Bertz CT molecular complexity index is 499. The lowest BCUT2D eigenvalue weighted by molar-refractivity contribution is -0.139. The summed E-state index contributed by atoms with van der Waals surface area (Å²) in [5.41, 5.74) is 3.35. The fraction of sp³-hybridized carbons (Fsp3) is 0.231. The minimum atomic E-state index is -0.886. The highest BCUT2D eigenvalue weighted by Crippen LogP contribution is 2.19. The van der Waals surface area contributed by atoms with Gasteiger partial charge in [0.2, 0.25) is 0 Å². The van der Waals surface area contributed by atoms with Crippen LogP contribution in [0, 0.1) is 0 Å². The maximum atomic E-state index is 11.3. The van der Waals surface area contributed by atoms with Crippen LogP contribution < -0.4 is 5.32 Å². The van der Waals surface area contributed by atoms with Crippen molar-refractivity contribution in [2.45, 2.75) is 19.0 Å². The summed E-state index contributed by atoms with van der Waals surface area (Å²) in [6.07, 6.45) is 0. The quantitative estimate of drug-likeness (QED) is 0.869. The van der Waals surface area contributed by atoms with Gasteiger partial charge < -0.3 is 5.11 Å². The van der Waals surface area contributed by atoms with Crippen LogP contribution in [0.4, 0.5) is 0 Å². The van der Waals surface area contributed by atoms with Crippen molar-refractivity contribution in [1.82, 2.24) is 10.3 Å². The normalized spacial score (nSPS) is 14.1. The molecule has 0 bridgehead atoms. The van der Waals surface area contributed by atoms with Crippen molar-refractivity contribution in [3.8, 4) is 0 Å². The number of thiazole rings is 1. The van der Waals surface area contributed by atoms with Crippen LogP contribution >= 0.6 is 11.3 Å². The van der Waals surface area contributed by atoms with E-state index in [1.165, 1.54) is 11.3 Å². The SMILES string of the molecule is CC(NC(C(=O)O)c1ccccc1)c1cscn1. The molecule has 94 valence electrons. The first-order valence-electron chi connectivity index (χ1n) is 5.60. The zero-order valence-corrected chi connectivity index (χ0v) is 10.7. The number of hydrogen-bond acceptors (Lipinski definition) is 4. The highest BCUT2D eigenvalue weighted by molar-refractivity contribution is 7.07. The topological polar surface area (TPSA) is 62.2 Å². The highest BCUT2D eigenvalue weighted by Gasteiger charge is 2.22. The Balaban J connectivity index is 2.15. The van der Waals surface area contributed by atoms with Gasteiger partial charge in [0.25, 0.3) is 0 Å². The predicted molar refractivity (Wildman–Crippen MR) is 70.5 cm³/mol. The van der Waals surface area contributed by atoms with Crippen molar-refractivity contribution >= 4 is 17.3 Å². The molecule has 0 saturated heterocycles. The van der Waals surface area contributed by atoms with Crippen LogP contribution in [0.2, 0.25) is 0 Å². The van der Waals surface area contributed by atoms with E-state index in [4.69, 9.17) is 0 Å². The molecule has 5 heteroatoms. The van der Waals surface area contributed by atoms with Gasteiger partial charge in [-0.3, -0.25) is 10.1 Å². The monoisotopic (exact) mass is 262 g/mol. The van der Waals surface area contributed by atoms with E-state index in [0.717, 1.165) is 11.3 Å². The molecule has 1 heterocycles. The number of rotatable bonds is 5. The summed E-state index contributed by atoms with van der Waals surface area (Å²) in [5.74, 6) is -0.886. The number of carbonyl (C=O) groups is 1. The molecule has 2 aromatic rings. The average Bonchev–Trinajstić information content (AvgIpc) is 2.90. The molecule has 2 rings (SSSR count). The Kier molecular flexibility index (Phi) is 4.07. The Morgan fingerprint density at radius 1 is 1.39 bits per heavy atom. The van der Waals surface area contributed by atoms with E-state index in [1.54, 1.807) is 17.6 Å². The molecule has 4 nitrogen and oxygen atoms in total. The van der Waals surface area contributed by atoms with Crippen LogP contribution in [0.3, 0.4) is 0 Å². The molecular formula is C13H14N2O2S. The smallest absolute Gasteiger partial charge is 0.325 e. The van der Waals surface area contributed by atoms with Crippen LogP contribution in [0.15, 0.2) is 41.2 Å². The lowest BCUT2D eigenvalue weighted by Gasteiger charge is -2.19. The second-order valence-corrected chi connectivity index (χ2v) is 4.70. The summed E-state index contributed by atoms with van der Waals surface area (Å²) in [5, 5.41) is 14.3. The largest absolute Gasteiger partial charge is 0.480 e. The molecule has 0 saturated carbocycles. The third kappa shape index (κ3) is 2.94. The second-order valence-electron chi connectivity index (χ2n) is 3.98. The molecule has 2 N–H and O–H groups in total. The molecule has 0 fully saturated rings. The minimum absolute atomic E-state index is 0.0995. The molecule has 1 aromatic heterocycles. The number of nitrogens with zero attached hydrogens (tertiary/aromatic N) is 1. The van der Waals surface area contributed by atoms with Gasteiger partial charge in [-0.2, -0.15) is 0 Å². The lowest BCUT2D eigenvalue weighted by atomic mass is 10.1. The summed E-state index contributed by atoms with van der Waals surface area (Å²) in [6, 6.07) is 8.33. The first-order chi connectivity index (χ1) is 8.68. The molecule has 0 spiro atoms. The summed E-state index contributed by atoms with van der Waals surface area (Å²) in [6.45, 7) is 1.91. The van der Waals surface area contributed by atoms with E-state index in [9.17, 15) is 9.90 Å². The molecule has 2 unspecified atom stereocenters. The number of carboxylic acids is 1. The highest BCUT2D eigenvalue weighted by atomic mass is 32.1. The number of benzene rings is 1. The molecule has 18 heavy (non-hydrogen) atoms. The van der Waals surface area contributed by atoms with Crippen molar-refractivity contribution in [2.24, 2.45) is 0 Å². The molecule has 0 aliphatic heterocycles. The zero-order valence-electron chi connectivity index (χ0n) is 9.91. The van der Waals surface area contributed by atoms with Gasteiger partial charge in [0.1, 0.15) is 6.04 Å². The van der Waals surface area contributed by atoms with Crippen molar-refractivity contribution in [3.63, 3.8) is 0 Å². The van der Waals surface area contributed by atoms with Crippen molar-refractivity contribution in [2.75, 3.05) is 0 Å². The van der Waals surface area contributed by atoms with E-state index in [-0.39, 0.29) is 6.04 Å². The number of aromatic nitrogens is 1. The molecule has 0 aliphatic rings. The number of carboxylic acid groups (broad SMARTS) is 1. The van der Waals surface area contributed by atoms with E-state index >= 15 is 0 Å². The lowest BCUT2D eigenvalue weighted by Crippen LogP contribution is -2.30. The van der Waals surface area contributed by atoms with Gasteiger partial charge in [-0.1, -0.05) is 30.3 Å². The van der Waals surface area contributed by atoms with Crippen molar-refractivity contribution in [3.05, 3.63) is 52.5 Å². The summed E-state index contributed by atoms with van der Waals surface area (Å²) in [7, 11) is 0. The van der Waals surface area contributed by atoms with Gasteiger partial charge in [0, 0.05) is 11.4 Å². The van der Waals surface area contributed by atoms with Gasteiger partial charge in [0.15, 0.2) is 0 Å². The number of aliphatic carboxylic acids is 1. The minimum Gasteiger partial charge on any atom is -0.480 e. The number of hydrogen-bond donors (Lipinski definition) is 2. The van der Waals surface area contributed by atoms with Crippen LogP contribution in [-0.2, 0) is 4.79 Å². The van der Waals surface area contributed by atoms with E-state index < -0.39 is 12.0 Å². The van der Waals surface area contributed by atoms with Crippen molar-refractivity contribution < 1.29 is 9.90 Å². The fourth-order valence-corrected chi connectivity index (χ4v) is 2.37. The average molecular weight is 262 g/mol. The Morgan fingerprint density at radius 3 is 2.67 bits per heavy atom. The molecule has 1 aromatic carbocycles. The summed E-state index contributed by atoms with van der Waals surface area (Å²) >= 11 is 1.50. The van der Waals surface area contributed by atoms with Gasteiger partial charge >= 0.3 is 5.97 Å². The third-order valence-electron chi connectivity index (χ3n) is 2.69. The molecule has 0 radical (unpaired) electrons. The maximum Gasteiger partial charge on any atom is 0.325 e. The maximum absolute atomic E-state index is 11.3. The van der Waals surface area contributed by atoms with Crippen LogP contribution in [-0.4, -0.2) is 16.1 Å². The number of nitrogens with one attached hydrogen (secondary N) is 1. The summed E-state index contributed by atoms with van der Waals surface area (Å²) in [4.78, 5) is 15.5. The molecule has 0 aliphatic carbocycles. The first-order valence-corrected chi connectivity index (χ1v) is 6.54. The molecule has 0 amide bonds. The Labute approximate surface area is 109 Å². The van der Waals surface area contributed by atoms with Crippen LogP contribution in [0.5, 0.6) is 0 Å².